The van der Waals surface area contributed by atoms with Gasteiger partial charge in [0, 0.05) is 37.7 Å². The molecular formula is C20H25FN2O3. The number of piperidine rings is 1. The van der Waals surface area contributed by atoms with Gasteiger partial charge in [0.2, 0.25) is 11.8 Å². The zero-order chi connectivity index (χ0) is 18.3. The third kappa shape index (κ3) is 3.06. The van der Waals surface area contributed by atoms with Crippen molar-refractivity contribution >= 4 is 11.8 Å². The number of likely N-dealkylation sites (tertiary alicyclic amines) is 2. The molecule has 2 saturated heterocycles. The van der Waals surface area contributed by atoms with E-state index in [1.807, 2.05) is 4.90 Å². The zero-order valence-electron chi connectivity index (χ0n) is 15.2. The number of rotatable bonds is 4. The molecule has 2 amide bonds. The summed E-state index contributed by atoms with van der Waals surface area (Å²) >= 11 is 0. The van der Waals surface area contributed by atoms with Crippen molar-refractivity contribution in [2.24, 2.45) is 11.3 Å². The van der Waals surface area contributed by atoms with Crippen molar-refractivity contribution in [2.45, 2.75) is 38.6 Å². The summed E-state index contributed by atoms with van der Waals surface area (Å²) in [6.07, 6.45) is 4.40. The Balaban J connectivity index is 1.49. The predicted octanol–water partition coefficient (Wildman–Crippen LogP) is 2.59. The minimum atomic E-state index is -0.474. The first kappa shape index (κ1) is 17.3. The minimum absolute atomic E-state index is 0.0667. The van der Waals surface area contributed by atoms with E-state index < -0.39 is 5.41 Å². The van der Waals surface area contributed by atoms with Gasteiger partial charge in [-0.25, -0.2) is 4.39 Å². The minimum Gasteiger partial charge on any atom is -0.497 e. The standard InChI is InChI=1S/C20H25FN2O3/c1-26-16-5-6-17(21)15(11-16)12-22-9-2-7-20(19(22)25)8-10-23(13-20)18(24)14-3-4-14/h5-6,11,14H,2-4,7-10,12-13H2,1H3. The lowest BCUT2D eigenvalue weighted by Gasteiger charge is -2.39. The average Bonchev–Trinajstić information content (AvgIpc) is 3.41. The Morgan fingerprint density at radius 3 is 2.85 bits per heavy atom. The molecule has 4 rings (SSSR count). The molecular weight excluding hydrogens is 335 g/mol. The fourth-order valence-electron chi connectivity index (χ4n) is 4.34. The summed E-state index contributed by atoms with van der Waals surface area (Å²) in [5.74, 6) is 0.728. The van der Waals surface area contributed by atoms with E-state index >= 15 is 0 Å². The third-order valence-electron chi connectivity index (χ3n) is 6.03. The number of ether oxygens (including phenoxy) is 1. The van der Waals surface area contributed by atoms with E-state index in [0.29, 0.717) is 30.9 Å². The van der Waals surface area contributed by atoms with Crippen LogP contribution in [0.25, 0.3) is 0 Å². The molecule has 0 bridgehead atoms. The molecule has 3 aliphatic rings. The van der Waals surface area contributed by atoms with Crippen molar-refractivity contribution < 1.29 is 18.7 Å². The van der Waals surface area contributed by atoms with Crippen LogP contribution in [0.15, 0.2) is 18.2 Å². The van der Waals surface area contributed by atoms with Gasteiger partial charge in [0.25, 0.3) is 0 Å². The SMILES string of the molecule is COc1ccc(F)c(CN2CCCC3(CCN(C(=O)C4CC4)C3)C2=O)c1. The van der Waals surface area contributed by atoms with Crippen molar-refractivity contribution in [3.05, 3.63) is 29.6 Å². The van der Waals surface area contributed by atoms with Gasteiger partial charge in [0.1, 0.15) is 11.6 Å². The summed E-state index contributed by atoms with van der Waals surface area (Å²) in [5.41, 5.74) is -0.00308. The van der Waals surface area contributed by atoms with Crippen LogP contribution in [0.4, 0.5) is 4.39 Å². The van der Waals surface area contributed by atoms with Crippen molar-refractivity contribution in [2.75, 3.05) is 26.7 Å². The molecule has 1 aromatic rings. The summed E-state index contributed by atoms with van der Waals surface area (Å²) < 4.78 is 19.3. The number of amides is 2. The van der Waals surface area contributed by atoms with Crippen LogP contribution < -0.4 is 4.74 Å². The second-order valence-corrected chi connectivity index (χ2v) is 7.85. The monoisotopic (exact) mass is 360 g/mol. The molecule has 0 radical (unpaired) electrons. The summed E-state index contributed by atoms with van der Waals surface area (Å²) in [7, 11) is 1.54. The van der Waals surface area contributed by atoms with Gasteiger partial charge in [-0.3, -0.25) is 9.59 Å². The van der Waals surface area contributed by atoms with E-state index in [9.17, 15) is 14.0 Å². The molecule has 1 spiro atoms. The van der Waals surface area contributed by atoms with Crippen LogP contribution in [-0.2, 0) is 16.1 Å². The van der Waals surface area contributed by atoms with Gasteiger partial charge in [-0.05, 0) is 50.3 Å². The largest absolute Gasteiger partial charge is 0.497 e. The summed E-state index contributed by atoms with van der Waals surface area (Å²) in [6, 6.07) is 4.61. The summed E-state index contributed by atoms with van der Waals surface area (Å²) in [4.78, 5) is 29.2. The normalized spacial score (nSPS) is 25.8. The van der Waals surface area contributed by atoms with E-state index in [4.69, 9.17) is 4.74 Å². The molecule has 1 atom stereocenters. The highest BCUT2D eigenvalue weighted by Gasteiger charge is 2.50. The number of hydrogen-bond acceptors (Lipinski definition) is 3. The van der Waals surface area contributed by atoms with Gasteiger partial charge < -0.3 is 14.5 Å². The number of halogens is 1. The second-order valence-electron chi connectivity index (χ2n) is 7.85. The quantitative estimate of drug-likeness (QED) is 0.829. The van der Waals surface area contributed by atoms with Crippen LogP contribution in [0.3, 0.4) is 0 Å². The van der Waals surface area contributed by atoms with Crippen LogP contribution in [0.2, 0.25) is 0 Å². The van der Waals surface area contributed by atoms with Crippen LogP contribution in [-0.4, -0.2) is 48.4 Å². The second kappa shape index (κ2) is 6.56. The van der Waals surface area contributed by atoms with Crippen molar-refractivity contribution in [1.29, 1.82) is 0 Å². The average molecular weight is 360 g/mol. The van der Waals surface area contributed by atoms with Crippen molar-refractivity contribution in [3.63, 3.8) is 0 Å². The Kier molecular flexibility index (Phi) is 4.37. The van der Waals surface area contributed by atoms with Crippen LogP contribution in [0.1, 0.15) is 37.7 Å². The van der Waals surface area contributed by atoms with Crippen molar-refractivity contribution in [1.82, 2.24) is 9.80 Å². The number of benzene rings is 1. The maximum atomic E-state index is 14.2. The van der Waals surface area contributed by atoms with Crippen LogP contribution in [0, 0.1) is 17.2 Å². The lowest BCUT2D eigenvalue weighted by Crippen LogP contribution is -2.50. The van der Waals surface area contributed by atoms with Crippen LogP contribution in [0.5, 0.6) is 5.75 Å². The maximum Gasteiger partial charge on any atom is 0.230 e. The Morgan fingerprint density at radius 2 is 2.12 bits per heavy atom. The number of nitrogens with zero attached hydrogens (tertiary/aromatic N) is 2. The summed E-state index contributed by atoms with van der Waals surface area (Å²) in [5, 5.41) is 0. The highest BCUT2D eigenvalue weighted by Crippen LogP contribution is 2.42. The molecule has 1 saturated carbocycles. The first-order chi connectivity index (χ1) is 12.5. The first-order valence-electron chi connectivity index (χ1n) is 9.43. The molecule has 5 nitrogen and oxygen atoms in total. The number of methoxy groups -OCH3 is 1. The fourth-order valence-corrected chi connectivity index (χ4v) is 4.34. The predicted molar refractivity (Wildman–Crippen MR) is 94.0 cm³/mol. The number of hydrogen-bond donors (Lipinski definition) is 0. The number of carbonyl (C=O) groups is 2. The molecule has 2 aliphatic heterocycles. The Morgan fingerprint density at radius 1 is 1.31 bits per heavy atom. The first-order valence-corrected chi connectivity index (χ1v) is 9.43. The van der Waals surface area contributed by atoms with Gasteiger partial charge in [-0.2, -0.15) is 0 Å². The van der Waals surface area contributed by atoms with Gasteiger partial charge in [-0.15, -0.1) is 0 Å². The molecule has 1 unspecified atom stereocenters. The Labute approximate surface area is 153 Å². The Hall–Kier alpha value is -2.11. The molecule has 1 aromatic carbocycles. The number of carbonyl (C=O) groups excluding carboxylic acids is 2. The van der Waals surface area contributed by atoms with E-state index in [2.05, 4.69) is 0 Å². The molecule has 140 valence electrons. The molecule has 26 heavy (non-hydrogen) atoms. The lowest BCUT2D eigenvalue weighted by atomic mass is 9.78. The smallest absolute Gasteiger partial charge is 0.230 e. The van der Waals surface area contributed by atoms with Gasteiger partial charge in [-0.1, -0.05) is 0 Å². The molecule has 1 aliphatic carbocycles. The zero-order valence-corrected chi connectivity index (χ0v) is 15.2. The molecule has 2 heterocycles. The van der Waals surface area contributed by atoms with Crippen LogP contribution >= 0.6 is 0 Å². The molecule has 6 heteroatoms. The highest BCUT2D eigenvalue weighted by atomic mass is 19.1. The lowest BCUT2D eigenvalue weighted by molar-refractivity contribution is -0.147. The molecule has 3 fully saturated rings. The fraction of sp³-hybridized carbons (Fsp3) is 0.600. The van der Waals surface area contributed by atoms with E-state index in [1.165, 1.54) is 6.07 Å². The van der Waals surface area contributed by atoms with E-state index in [0.717, 1.165) is 32.1 Å². The van der Waals surface area contributed by atoms with Crippen molar-refractivity contribution in [3.8, 4) is 5.75 Å². The van der Waals surface area contributed by atoms with Gasteiger partial charge in [0.15, 0.2) is 0 Å². The van der Waals surface area contributed by atoms with E-state index in [1.54, 1.807) is 24.1 Å². The maximum absolute atomic E-state index is 14.2. The molecule has 0 N–H and O–H groups in total. The van der Waals surface area contributed by atoms with Gasteiger partial charge in [0.05, 0.1) is 12.5 Å². The van der Waals surface area contributed by atoms with Gasteiger partial charge >= 0.3 is 0 Å². The Bertz CT molecular complexity index is 734. The topological polar surface area (TPSA) is 49.9 Å². The third-order valence-corrected chi connectivity index (χ3v) is 6.03. The summed E-state index contributed by atoms with van der Waals surface area (Å²) in [6.45, 7) is 2.08. The molecule has 0 aromatic heterocycles. The van der Waals surface area contributed by atoms with E-state index in [-0.39, 0.29) is 30.1 Å². The highest BCUT2D eigenvalue weighted by molar-refractivity contribution is 5.87.